The molecule has 2 fully saturated rings. The largest absolute Gasteiger partial charge is 0.381 e. The molecule has 0 N–H and O–H groups in total. The van der Waals surface area contributed by atoms with Crippen molar-refractivity contribution in [3.63, 3.8) is 0 Å². The van der Waals surface area contributed by atoms with E-state index < -0.39 is 0 Å². The molecule has 2 atom stereocenters. The van der Waals surface area contributed by atoms with Gasteiger partial charge in [0.1, 0.15) is 0 Å². The van der Waals surface area contributed by atoms with Crippen molar-refractivity contribution in [2.24, 2.45) is 11.8 Å². The van der Waals surface area contributed by atoms with Crippen molar-refractivity contribution in [1.82, 2.24) is 20.0 Å². The number of ether oxygens (including phenoxy) is 1. The maximum Gasteiger partial charge on any atom is 0.255 e. The fourth-order valence-electron chi connectivity index (χ4n) is 3.50. The molecular formula is C19H24N4O3. The highest BCUT2D eigenvalue weighted by atomic mass is 16.5. The Bertz CT molecular complexity index is 787. The second-order valence-electron chi connectivity index (χ2n) is 7.37. The van der Waals surface area contributed by atoms with Crippen LogP contribution in [0, 0.1) is 25.7 Å². The smallest absolute Gasteiger partial charge is 0.255 e. The number of carbonyl (C=O) groups excluding carboxylic acids is 1. The van der Waals surface area contributed by atoms with Crippen molar-refractivity contribution in [2.75, 3.05) is 26.3 Å². The number of rotatable bonds is 6. The van der Waals surface area contributed by atoms with Crippen molar-refractivity contribution in [2.45, 2.75) is 32.6 Å². The fourth-order valence-corrected chi connectivity index (χ4v) is 3.50. The first kappa shape index (κ1) is 17.1. The molecule has 1 saturated carbocycles. The van der Waals surface area contributed by atoms with Gasteiger partial charge >= 0.3 is 0 Å². The lowest BCUT2D eigenvalue weighted by Crippen LogP contribution is -2.30. The van der Waals surface area contributed by atoms with Crippen LogP contribution in [0.25, 0.3) is 0 Å². The van der Waals surface area contributed by atoms with Crippen LogP contribution in [0.5, 0.6) is 0 Å². The van der Waals surface area contributed by atoms with Crippen molar-refractivity contribution in [3.8, 4) is 0 Å². The molecule has 4 rings (SSSR count). The van der Waals surface area contributed by atoms with E-state index in [1.54, 1.807) is 12.3 Å². The molecule has 1 saturated heterocycles. The van der Waals surface area contributed by atoms with Crippen molar-refractivity contribution in [3.05, 3.63) is 41.3 Å². The zero-order valence-corrected chi connectivity index (χ0v) is 15.2. The highest BCUT2D eigenvalue weighted by Gasteiger charge is 2.40. The monoisotopic (exact) mass is 356 g/mol. The van der Waals surface area contributed by atoms with Crippen LogP contribution >= 0.6 is 0 Å². The van der Waals surface area contributed by atoms with E-state index in [0.717, 1.165) is 18.2 Å². The van der Waals surface area contributed by atoms with Gasteiger partial charge in [0.25, 0.3) is 5.91 Å². The Morgan fingerprint density at radius 2 is 2.15 bits per heavy atom. The summed E-state index contributed by atoms with van der Waals surface area (Å²) in [6, 6.07) is 3.62. The number of hydrogen-bond donors (Lipinski definition) is 0. The van der Waals surface area contributed by atoms with Crippen LogP contribution in [0.4, 0.5) is 0 Å². The van der Waals surface area contributed by atoms with Crippen LogP contribution in [0.1, 0.15) is 46.5 Å². The predicted octanol–water partition coefficient (Wildman–Crippen LogP) is 2.36. The number of nitrogens with zero attached hydrogens (tertiary/aromatic N) is 4. The molecule has 0 spiro atoms. The molecular weight excluding hydrogens is 332 g/mol. The Morgan fingerprint density at radius 1 is 1.31 bits per heavy atom. The first-order chi connectivity index (χ1) is 12.6. The molecule has 7 heteroatoms. The average Bonchev–Trinajstić information content (AvgIpc) is 3.20. The van der Waals surface area contributed by atoms with E-state index in [1.165, 1.54) is 12.8 Å². The van der Waals surface area contributed by atoms with Crippen LogP contribution in [-0.4, -0.2) is 52.2 Å². The molecule has 3 heterocycles. The number of likely N-dealkylation sites (tertiary alicyclic amines) is 1. The fraction of sp³-hybridized carbons (Fsp3) is 0.579. The highest BCUT2D eigenvalue weighted by Crippen LogP contribution is 2.34. The molecule has 0 unspecified atom stereocenters. The molecule has 0 radical (unpaired) electrons. The molecule has 0 aromatic carbocycles. The molecule has 2 aromatic heterocycles. The number of amides is 1. The van der Waals surface area contributed by atoms with E-state index in [2.05, 4.69) is 15.1 Å². The first-order valence-electron chi connectivity index (χ1n) is 9.20. The Labute approximate surface area is 152 Å². The summed E-state index contributed by atoms with van der Waals surface area (Å²) >= 11 is 0. The lowest BCUT2D eigenvalue weighted by molar-refractivity contribution is 0.0735. The minimum atomic E-state index is 0.00142. The zero-order chi connectivity index (χ0) is 18.1. The summed E-state index contributed by atoms with van der Waals surface area (Å²) in [5, 5.41) is 3.92. The summed E-state index contributed by atoms with van der Waals surface area (Å²) in [5.41, 5.74) is 1.39. The first-order valence-corrected chi connectivity index (χ1v) is 9.20. The van der Waals surface area contributed by atoms with Crippen molar-refractivity contribution < 1.29 is 14.1 Å². The molecule has 2 aromatic rings. The normalized spacial score (nSPS) is 22.8. The maximum atomic E-state index is 13.0. The van der Waals surface area contributed by atoms with Gasteiger partial charge in [-0.15, -0.1) is 0 Å². The summed E-state index contributed by atoms with van der Waals surface area (Å²) in [7, 11) is 0. The molecule has 2 aliphatic rings. The second kappa shape index (κ2) is 7.15. The second-order valence-corrected chi connectivity index (χ2v) is 7.37. The third-order valence-electron chi connectivity index (χ3n) is 5.21. The molecule has 7 nitrogen and oxygen atoms in total. The van der Waals surface area contributed by atoms with Crippen LogP contribution in [-0.2, 0) is 4.74 Å². The average molecular weight is 356 g/mol. The Morgan fingerprint density at radius 3 is 2.85 bits per heavy atom. The number of pyridine rings is 1. The van der Waals surface area contributed by atoms with E-state index in [4.69, 9.17) is 9.26 Å². The maximum absolute atomic E-state index is 13.0. The minimum absolute atomic E-state index is 0.00142. The summed E-state index contributed by atoms with van der Waals surface area (Å²) in [4.78, 5) is 23.5. The summed E-state index contributed by atoms with van der Waals surface area (Å²) in [6.07, 6.45) is 4.23. The topological polar surface area (TPSA) is 81.4 Å². The number of hydrogen-bond acceptors (Lipinski definition) is 6. The van der Waals surface area contributed by atoms with Crippen LogP contribution in [0.15, 0.2) is 22.9 Å². The highest BCUT2D eigenvalue weighted by molar-refractivity contribution is 5.95. The van der Waals surface area contributed by atoms with Gasteiger partial charge in [0.15, 0.2) is 5.82 Å². The van der Waals surface area contributed by atoms with E-state index >= 15 is 0 Å². The predicted molar refractivity (Wildman–Crippen MR) is 93.7 cm³/mol. The SMILES string of the molecule is Cc1noc([C@@H]2CN(C(=O)c3cccnc3C)C[C@H]2COCC2CC2)n1. The van der Waals surface area contributed by atoms with E-state index in [1.807, 2.05) is 24.8 Å². The molecule has 1 aliphatic heterocycles. The number of aryl methyl sites for hydroxylation is 2. The van der Waals surface area contributed by atoms with Gasteiger partial charge in [0.05, 0.1) is 18.1 Å². The van der Waals surface area contributed by atoms with E-state index in [9.17, 15) is 4.79 Å². The van der Waals surface area contributed by atoms with Gasteiger partial charge in [0.2, 0.25) is 5.89 Å². The van der Waals surface area contributed by atoms with Crippen LogP contribution < -0.4 is 0 Å². The lowest BCUT2D eigenvalue weighted by atomic mass is 9.97. The van der Waals surface area contributed by atoms with E-state index in [0.29, 0.717) is 37.0 Å². The Kier molecular flexibility index (Phi) is 4.72. The van der Waals surface area contributed by atoms with Gasteiger partial charge in [0, 0.05) is 37.5 Å². The van der Waals surface area contributed by atoms with Crippen LogP contribution in [0.2, 0.25) is 0 Å². The Hall–Kier alpha value is -2.28. The quantitative estimate of drug-likeness (QED) is 0.790. The number of aromatic nitrogens is 3. The summed E-state index contributed by atoms with van der Waals surface area (Å²) in [6.45, 7) is 6.27. The third kappa shape index (κ3) is 3.62. The molecule has 1 amide bonds. The van der Waals surface area contributed by atoms with Gasteiger partial charge in [-0.25, -0.2) is 0 Å². The third-order valence-corrected chi connectivity index (χ3v) is 5.21. The summed E-state index contributed by atoms with van der Waals surface area (Å²) in [5.74, 6) is 2.11. The number of carbonyl (C=O) groups is 1. The van der Waals surface area contributed by atoms with Gasteiger partial charge in [-0.1, -0.05) is 5.16 Å². The van der Waals surface area contributed by atoms with Crippen LogP contribution in [0.3, 0.4) is 0 Å². The molecule has 0 bridgehead atoms. The standard InChI is InChI=1S/C19H24N4O3/c1-12-16(4-3-7-20-12)19(24)23-8-15(11-25-10-14-5-6-14)17(9-23)18-21-13(2)22-26-18/h3-4,7,14-15,17H,5-6,8-11H2,1-2H3/t15-,17+/m0/s1. The van der Waals surface area contributed by atoms with Gasteiger partial charge in [-0.05, 0) is 44.7 Å². The van der Waals surface area contributed by atoms with Gasteiger partial charge < -0.3 is 14.2 Å². The molecule has 138 valence electrons. The van der Waals surface area contributed by atoms with Gasteiger partial charge in [-0.3, -0.25) is 9.78 Å². The van der Waals surface area contributed by atoms with Crippen molar-refractivity contribution in [1.29, 1.82) is 0 Å². The molecule has 1 aliphatic carbocycles. The van der Waals surface area contributed by atoms with Gasteiger partial charge in [-0.2, -0.15) is 4.98 Å². The summed E-state index contributed by atoms with van der Waals surface area (Å²) < 4.78 is 11.3. The van der Waals surface area contributed by atoms with Crippen molar-refractivity contribution >= 4 is 5.91 Å². The van der Waals surface area contributed by atoms with E-state index in [-0.39, 0.29) is 17.7 Å². The molecule has 26 heavy (non-hydrogen) atoms. The lowest BCUT2D eigenvalue weighted by Gasteiger charge is -2.17. The zero-order valence-electron chi connectivity index (χ0n) is 15.2. The Balaban J connectivity index is 1.50. The minimum Gasteiger partial charge on any atom is -0.381 e.